The van der Waals surface area contributed by atoms with E-state index < -0.39 is 10.0 Å². The summed E-state index contributed by atoms with van der Waals surface area (Å²) in [5.41, 5.74) is 3.15. The molecule has 198 valence electrons. The van der Waals surface area contributed by atoms with Gasteiger partial charge in [-0.2, -0.15) is 5.10 Å². The first kappa shape index (κ1) is 27.5. The highest BCUT2D eigenvalue weighted by atomic mass is 35.5. The Morgan fingerprint density at radius 3 is 2.45 bits per heavy atom. The summed E-state index contributed by atoms with van der Waals surface area (Å²) in [7, 11) is 3.24. The zero-order chi connectivity index (χ0) is 27.1. The second kappa shape index (κ2) is 10.8. The minimum atomic E-state index is -3.13. The molecule has 38 heavy (non-hydrogen) atoms. The van der Waals surface area contributed by atoms with E-state index in [4.69, 9.17) is 23.2 Å². The number of nitrogens with one attached hydrogen (secondary N) is 2. The van der Waals surface area contributed by atoms with Crippen molar-refractivity contribution in [3.05, 3.63) is 52.4 Å². The molecule has 0 unspecified atom stereocenters. The molecule has 1 aliphatic heterocycles. The maximum Gasteiger partial charge on any atom is 0.223 e. The van der Waals surface area contributed by atoms with Crippen molar-refractivity contribution >= 4 is 62.7 Å². The summed E-state index contributed by atoms with van der Waals surface area (Å²) in [4.78, 5) is 9.00. The Balaban J connectivity index is 1.26. The zero-order valence-electron chi connectivity index (χ0n) is 21.8. The number of piperidine rings is 1. The molecule has 1 aromatic carbocycles. The lowest BCUT2D eigenvalue weighted by molar-refractivity contribution is 0.328. The first-order valence-corrected chi connectivity index (χ1v) is 15.1. The lowest BCUT2D eigenvalue weighted by atomic mass is 9.49. The number of anilines is 1. The molecular weight excluding hydrogens is 542 g/mol. The standard InChI is InChI=1S/C23H30B3Cl2N7O2S/c24-23(25,26)30-10-14-1-4-20(18(27)9-14)35-13-15(11-31-35)21-19(28)12-29-22(33-21)32-16-5-7-34(8-6-16)38(36,37)17-2-3-17/h1,4,9,11-13,16-17,30H,2-3,5-8,10,24-26H2,(H,29,32,33). The molecular formula is C23H30B3Cl2N7O2S. The Hall–Kier alpha value is -2.05. The largest absolute Gasteiger partial charge is 0.351 e. The summed E-state index contributed by atoms with van der Waals surface area (Å²) in [6.45, 7) is 1.74. The van der Waals surface area contributed by atoms with Gasteiger partial charge < -0.3 is 10.6 Å². The number of hydrogen-bond donors (Lipinski definition) is 2. The quantitative estimate of drug-likeness (QED) is 0.363. The molecule has 0 radical (unpaired) electrons. The average Bonchev–Trinajstić information content (AvgIpc) is 3.63. The van der Waals surface area contributed by atoms with E-state index in [9.17, 15) is 8.42 Å². The van der Waals surface area contributed by atoms with Crippen molar-refractivity contribution in [1.29, 1.82) is 0 Å². The Labute approximate surface area is 236 Å². The number of benzene rings is 1. The Bertz CT molecular complexity index is 1420. The van der Waals surface area contributed by atoms with Crippen LogP contribution in [0.5, 0.6) is 0 Å². The van der Waals surface area contributed by atoms with Gasteiger partial charge in [-0.25, -0.2) is 27.4 Å². The van der Waals surface area contributed by atoms with E-state index in [2.05, 4.69) is 49.2 Å². The first-order valence-electron chi connectivity index (χ1n) is 12.9. The number of rotatable bonds is 9. The van der Waals surface area contributed by atoms with E-state index in [-0.39, 0.29) is 16.5 Å². The van der Waals surface area contributed by atoms with E-state index in [1.807, 2.05) is 24.4 Å². The van der Waals surface area contributed by atoms with E-state index in [0.717, 1.165) is 36.2 Å². The highest BCUT2D eigenvalue weighted by Gasteiger charge is 2.41. The van der Waals surface area contributed by atoms with Crippen LogP contribution in [0.4, 0.5) is 5.95 Å². The molecule has 2 N–H and O–H groups in total. The SMILES string of the molecule is BC(B)(B)NCc1ccc(-n2cc(-c3nc(NC4CCN(S(=O)(=O)C5CC5)CC4)ncc3Cl)cn2)c(Cl)c1. The van der Waals surface area contributed by atoms with Gasteiger partial charge in [0.2, 0.25) is 16.0 Å². The fraction of sp³-hybridized carbons (Fsp3) is 0.435. The predicted molar refractivity (Wildman–Crippen MR) is 160 cm³/mol. The van der Waals surface area contributed by atoms with Crippen molar-refractivity contribution in [2.45, 2.75) is 48.8 Å². The molecule has 3 aromatic rings. The van der Waals surface area contributed by atoms with E-state index in [1.54, 1.807) is 21.4 Å². The maximum atomic E-state index is 12.5. The van der Waals surface area contributed by atoms with Crippen molar-refractivity contribution in [2.24, 2.45) is 0 Å². The van der Waals surface area contributed by atoms with Gasteiger partial charge in [0.1, 0.15) is 23.5 Å². The monoisotopic (exact) mass is 571 g/mol. The molecule has 1 saturated heterocycles. The first-order chi connectivity index (χ1) is 18.0. The van der Waals surface area contributed by atoms with Crippen LogP contribution in [0, 0.1) is 0 Å². The Kier molecular flexibility index (Phi) is 7.85. The van der Waals surface area contributed by atoms with Gasteiger partial charge >= 0.3 is 0 Å². The molecule has 15 heteroatoms. The summed E-state index contributed by atoms with van der Waals surface area (Å²) in [5, 5.41) is 12.2. The minimum absolute atomic E-state index is 0.0145. The molecule has 2 fully saturated rings. The lowest BCUT2D eigenvalue weighted by Crippen LogP contribution is -2.46. The van der Waals surface area contributed by atoms with E-state index in [0.29, 0.717) is 47.6 Å². The number of hydrogen-bond acceptors (Lipinski definition) is 7. The van der Waals surface area contributed by atoms with Gasteiger partial charge in [0.05, 0.1) is 39.1 Å². The molecule has 1 aliphatic carbocycles. The van der Waals surface area contributed by atoms with Crippen LogP contribution in [0.1, 0.15) is 31.2 Å². The Morgan fingerprint density at radius 2 is 1.79 bits per heavy atom. The summed E-state index contributed by atoms with van der Waals surface area (Å²) in [6.07, 6.45) is 8.07. The summed E-state index contributed by atoms with van der Waals surface area (Å²) >= 11 is 13.1. The molecule has 0 amide bonds. The number of nitrogens with zero attached hydrogens (tertiary/aromatic N) is 5. The van der Waals surface area contributed by atoms with Gasteiger partial charge in [-0.05, 0) is 43.4 Å². The molecule has 9 nitrogen and oxygen atoms in total. The van der Waals surface area contributed by atoms with E-state index in [1.165, 1.54) is 0 Å². The van der Waals surface area contributed by atoms with Gasteiger partial charge in [-0.1, -0.05) is 34.5 Å². The molecule has 2 aromatic heterocycles. The number of aromatic nitrogens is 4. The van der Waals surface area contributed by atoms with Crippen molar-refractivity contribution in [3.8, 4) is 16.9 Å². The minimum Gasteiger partial charge on any atom is -0.351 e. The number of halogens is 2. The third kappa shape index (κ3) is 6.39. The van der Waals surface area contributed by atoms with Gasteiger partial charge in [0, 0.05) is 37.4 Å². The van der Waals surface area contributed by atoms with Gasteiger partial charge in [0.15, 0.2) is 0 Å². The van der Waals surface area contributed by atoms with Crippen LogP contribution in [0.3, 0.4) is 0 Å². The summed E-state index contributed by atoms with van der Waals surface area (Å²) < 4.78 is 28.4. The van der Waals surface area contributed by atoms with Crippen LogP contribution in [0.25, 0.3) is 16.9 Å². The molecule has 1 saturated carbocycles. The van der Waals surface area contributed by atoms with Crippen molar-refractivity contribution in [1.82, 2.24) is 29.4 Å². The van der Waals surface area contributed by atoms with Crippen LogP contribution >= 0.6 is 23.2 Å². The van der Waals surface area contributed by atoms with Crippen molar-refractivity contribution < 1.29 is 8.42 Å². The van der Waals surface area contributed by atoms with Crippen molar-refractivity contribution in [2.75, 3.05) is 18.4 Å². The van der Waals surface area contributed by atoms with Gasteiger partial charge in [0.25, 0.3) is 0 Å². The van der Waals surface area contributed by atoms with Crippen LogP contribution in [0.15, 0.2) is 36.8 Å². The number of sulfonamides is 1. The molecule has 2 aliphatic rings. The fourth-order valence-electron chi connectivity index (χ4n) is 4.44. The van der Waals surface area contributed by atoms with E-state index >= 15 is 0 Å². The third-order valence-corrected chi connectivity index (χ3v) is 9.75. The maximum absolute atomic E-state index is 12.5. The highest BCUT2D eigenvalue weighted by Crippen LogP contribution is 2.33. The Morgan fingerprint density at radius 1 is 1.05 bits per heavy atom. The van der Waals surface area contributed by atoms with Crippen LogP contribution in [-0.2, 0) is 16.6 Å². The molecule has 0 bridgehead atoms. The van der Waals surface area contributed by atoms with Crippen LogP contribution in [0.2, 0.25) is 10.0 Å². The fourth-order valence-corrected chi connectivity index (χ4v) is 6.81. The zero-order valence-corrected chi connectivity index (χ0v) is 24.1. The van der Waals surface area contributed by atoms with Crippen molar-refractivity contribution in [3.63, 3.8) is 0 Å². The van der Waals surface area contributed by atoms with Gasteiger partial charge in [-0.15, -0.1) is 0 Å². The van der Waals surface area contributed by atoms with Crippen LogP contribution in [-0.4, -0.2) is 85.6 Å². The normalized spacial score (nSPS) is 17.5. The third-order valence-electron chi connectivity index (χ3n) is 6.77. The smallest absolute Gasteiger partial charge is 0.223 e. The van der Waals surface area contributed by atoms with Crippen LogP contribution < -0.4 is 10.6 Å². The average molecular weight is 572 g/mol. The summed E-state index contributed by atoms with van der Waals surface area (Å²) in [6, 6.07) is 6.01. The topological polar surface area (TPSA) is 105 Å². The van der Waals surface area contributed by atoms with Gasteiger partial charge in [-0.3, -0.25) is 0 Å². The predicted octanol–water partition coefficient (Wildman–Crippen LogP) is 0.605. The second-order valence-electron chi connectivity index (χ2n) is 11.0. The molecule has 3 heterocycles. The lowest BCUT2D eigenvalue weighted by Gasteiger charge is -2.31. The molecule has 0 atom stereocenters. The molecule has 5 rings (SSSR count). The highest BCUT2D eigenvalue weighted by molar-refractivity contribution is 7.90. The second-order valence-corrected chi connectivity index (χ2v) is 14.0. The summed E-state index contributed by atoms with van der Waals surface area (Å²) in [5.74, 6) is 0.453. The molecule has 0 spiro atoms.